The maximum atomic E-state index is 13.2. The molecule has 0 aromatic carbocycles. The number of likely N-dealkylation sites (tertiary alicyclic amines) is 1. The third kappa shape index (κ3) is 2.60. The first-order valence-corrected chi connectivity index (χ1v) is 9.80. The standard InChI is InChI=1S/C19H32N2O/c20-18-14-6-3-7-15(18)12-16(11-14)19(22)21-10-4-8-13-5-1-2-9-17(13)21/h13-18H,1-12,20H2/t13-,14?,15?,16?,17-,18?/m1/s1. The normalized spacial score (nSPS) is 45.2. The Balaban J connectivity index is 1.47. The van der Waals surface area contributed by atoms with E-state index in [4.69, 9.17) is 5.73 Å². The maximum Gasteiger partial charge on any atom is 0.225 e. The topological polar surface area (TPSA) is 46.3 Å². The van der Waals surface area contributed by atoms with E-state index in [0.717, 1.165) is 25.3 Å². The number of piperidine rings is 1. The molecular formula is C19H32N2O. The summed E-state index contributed by atoms with van der Waals surface area (Å²) in [5, 5.41) is 0. The average Bonchev–Trinajstić information content (AvgIpc) is 2.53. The van der Waals surface area contributed by atoms with Gasteiger partial charge in [0.05, 0.1) is 0 Å². The summed E-state index contributed by atoms with van der Waals surface area (Å²) >= 11 is 0. The van der Waals surface area contributed by atoms with E-state index in [0.29, 0.717) is 29.8 Å². The van der Waals surface area contributed by atoms with Crippen LogP contribution in [0.3, 0.4) is 0 Å². The molecule has 0 aromatic rings. The maximum absolute atomic E-state index is 13.2. The van der Waals surface area contributed by atoms with E-state index in [-0.39, 0.29) is 5.92 Å². The molecule has 22 heavy (non-hydrogen) atoms. The molecule has 1 saturated heterocycles. The van der Waals surface area contributed by atoms with Crippen molar-refractivity contribution in [2.24, 2.45) is 29.4 Å². The number of hydrogen-bond acceptors (Lipinski definition) is 2. The number of hydrogen-bond donors (Lipinski definition) is 1. The number of fused-ring (bicyclic) bond motifs is 3. The SMILES string of the molecule is NC1C2CCCC1CC(C(=O)N1CCC[C@H]3CCCC[C@H]31)C2. The highest BCUT2D eigenvalue weighted by molar-refractivity contribution is 5.79. The second kappa shape index (κ2) is 6.14. The lowest BCUT2D eigenvalue weighted by Crippen LogP contribution is -2.54. The Bertz CT molecular complexity index is 408. The predicted molar refractivity (Wildman–Crippen MR) is 88.2 cm³/mol. The summed E-state index contributed by atoms with van der Waals surface area (Å²) in [4.78, 5) is 15.6. The number of nitrogens with zero attached hydrogens (tertiary/aromatic N) is 1. The van der Waals surface area contributed by atoms with Crippen LogP contribution in [0.5, 0.6) is 0 Å². The Morgan fingerprint density at radius 2 is 1.45 bits per heavy atom. The van der Waals surface area contributed by atoms with Crippen molar-refractivity contribution in [3.05, 3.63) is 0 Å². The minimum absolute atomic E-state index is 0.288. The van der Waals surface area contributed by atoms with Crippen LogP contribution in [-0.4, -0.2) is 29.4 Å². The molecule has 2 unspecified atom stereocenters. The van der Waals surface area contributed by atoms with Crippen molar-refractivity contribution < 1.29 is 4.79 Å². The zero-order valence-corrected chi connectivity index (χ0v) is 13.9. The summed E-state index contributed by atoms with van der Waals surface area (Å²) in [6.45, 7) is 1.03. The highest BCUT2D eigenvalue weighted by Crippen LogP contribution is 2.44. The smallest absolute Gasteiger partial charge is 0.225 e. The molecule has 124 valence electrons. The lowest BCUT2D eigenvalue weighted by molar-refractivity contribution is -0.145. The van der Waals surface area contributed by atoms with E-state index in [1.165, 1.54) is 57.8 Å². The second-order valence-corrected chi connectivity index (χ2v) is 8.48. The van der Waals surface area contributed by atoms with Crippen molar-refractivity contribution in [3.8, 4) is 0 Å². The molecule has 0 aromatic heterocycles. The highest BCUT2D eigenvalue weighted by atomic mass is 16.2. The number of carbonyl (C=O) groups is 1. The molecule has 4 aliphatic rings. The first kappa shape index (κ1) is 15.0. The van der Waals surface area contributed by atoms with Crippen LogP contribution in [0.15, 0.2) is 0 Å². The number of carbonyl (C=O) groups excluding carboxylic acids is 1. The molecule has 4 rings (SSSR count). The summed E-state index contributed by atoms with van der Waals surface area (Å²) in [6.07, 6.45) is 13.9. The number of nitrogens with two attached hydrogens (primary N) is 1. The van der Waals surface area contributed by atoms with E-state index >= 15 is 0 Å². The van der Waals surface area contributed by atoms with Gasteiger partial charge in [-0.05, 0) is 69.1 Å². The van der Waals surface area contributed by atoms with Gasteiger partial charge in [-0.1, -0.05) is 19.3 Å². The first-order valence-electron chi connectivity index (χ1n) is 9.80. The van der Waals surface area contributed by atoms with Crippen molar-refractivity contribution in [3.63, 3.8) is 0 Å². The van der Waals surface area contributed by atoms with Crippen LogP contribution in [0, 0.1) is 23.7 Å². The van der Waals surface area contributed by atoms with Crippen LogP contribution in [0.2, 0.25) is 0 Å². The van der Waals surface area contributed by atoms with E-state index in [1.54, 1.807) is 0 Å². The Morgan fingerprint density at radius 3 is 2.23 bits per heavy atom. The van der Waals surface area contributed by atoms with E-state index < -0.39 is 0 Å². The Hall–Kier alpha value is -0.570. The van der Waals surface area contributed by atoms with Gasteiger partial charge in [-0.3, -0.25) is 4.79 Å². The molecule has 4 atom stereocenters. The van der Waals surface area contributed by atoms with Gasteiger partial charge >= 0.3 is 0 Å². The Kier molecular flexibility index (Phi) is 4.19. The summed E-state index contributed by atoms with van der Waals surface area (Å²) in [7, 11) is 0. The van der Waals surface area contributed by atoms with Gasteiger partial charge in [-0.25, -0.2) is 0 Å². The van der Waals surface area contributed by atoms with Crippen LogP contribution < -0.4 is 5.73 Å². The van der Waals surface area contributed by atoms with Crippen molar-refractivity contribution in [1.29, 1.82) is 0 Å². The van der Waals surface area contributed by atoms with Gasteiger partial charge in [-0.2, -0.15) is 0 Å². The zero-order valence-electron chi connectivity index (χ0n) is 13.9. The molecule has 1 aliphatic heterocycles. The molecule has 3 saturated carbocycles. The van der Waals surface area contributed by atoms with Gasteiger partial charge < -0.3 is 10.6 Å². The van der Waals surface area contributed by atoms with Crippen LogP contribution in [0.4, 0.5) is 0 Å². The summed E-state index contributed by atoms with van der Waals surface area (Å²) in [6, 6.07) is 0.951. The molecule has 1 amide bonds. The van der Waals surface area contributed by atoms with Crippen molar-refractivity contribution >= 4 is 5.91 Å². The Labute approximate surface area is 135 Å². The highest BCUT2D eigenvalue weighted by Gasteiger charge is 2.44. The first-order chi connectivity index (χ1) is 10.7. The molecule has 2 N–H and O–H groups in total. The fraction of sp³-hybridized carbons (Fsp3) is 0.947. The third-order valence-corrected chi connectivity index (χ3v) is 7.29. The van der Waals surface area contributed by atoms with Gasteiger partial charge in [0.25, 0.3) is 0 Å². The summed E-state index contributed by atoms with van der Waals surface area (Å²) in [5.41, 5.74) is 6.41. The van der Waals surface area contributed by atoms with Crippen molar-refractivity contribution in [2.75, 3.05) is 6.54 Å². The van der Waals surface area contributed by atoms with E-state index in [2.05, 4.69) is 4.90 Å². The minimum Gasteiger partial charge on any atom is -0.339 e. The zero-order chi connectivity index (χ0) is 15.1. The lowest BCUT2D eigenvalue weighted by Gasteiger charge is -2.48. The quantitative estimate of drug-likeness (QED) is 0.808. The molecule has 0 spiro atoms. The predicted octanol–water partition coefficient (Wildman–Crippen LogP) is 3.32. The molecule has 2 bridgehead atoms. The molecule has 3 aliphatic carbocycles. The van der Waals surface area contributed by atoms with Gasteiger partial charge in [0, 0.05) is 24.5 Å². The molecule has 3 heteroatoms. The fourth-order valence-corrected chi connectivity index (χ4v) is 6.12. The number of amides is 1. The van der Waals surface area contributed by atoms with E-state index in [1.807, 2.05) is 0 Å². The van der Waals surface area contributed by atoms with E-state index in [9.17, 15) is 4.79 Å². The van der Waals surface area contributed by atoms with Gasteiger partial charge in [0.1, 0.15) is 0 Å². The molecule has 4 fully saturated rings. The van der Waals surface area contributed by atoms with Crippen LogP contribution in [0.1, 0.15) is 70.6 Å². The van der Waals surface area contributed by atoms with Crippen LogP contribution in [-0.2, 0) is 4.79 Å². The van der Waals surface area contributed by atoms with Crippen molar-refractivity contribution in [2.45, 2.75) is 82.7 Å². The summed E-state index contributed by atoms with van der Waals surface area (Å²) < 4.78 is 0. The lowest BCUT2D eigenvalue weighted by atomic mass is 9.64. The third-order valence-electron chi connectivity index (χ3n) is 7.29. The van der Waals surface area contributed by atoms with Crippen molar-refractivity contribution in [1.82, 2.24) is 4.90 Å². The minimum atomic E-state index is 0.288. The van der Waals surface area contributed by atoms with Gasteiger partial charge in [0.15, 0.2) is 0 Å². The molecular weight excluding hydrogens is 272 g/mol. The molecule has 1 heterocycles. The van der Waals surface area contributed by atoms with Gasteiger partial charge in [-0.15, -0.1) is 0 Å². The second-order valence-electron chi connectivity index (χ2n) is 8.48. The van der Waals surface area contributed by atoms with Crippen LogP contribution in [0.25, 0.3) is 0 Å². The fourth-order valence-electron chi connectivity index (χ4n) is 6.12. The summed E-state index contributed by atoms with van der Waals surface area (Å²) in [5.74, 6) is 2.83. The monoisotopic (exact) mass is 304 g/mol. The van der Waals surface area contributed by atoms with Crippen LogP contribution >= 0.6 is 0 Å². The average molecular weight is 304 g/mol. The Morgan fingerprint density at radius 1 is 0.818 bits per heavy atom. The number of rotatable bonds is 1. The molecule has 3 nitrogen and oxygen atoms in total. The largest absolute Gasteiger partial charge is 0.339 e. The molecule has 0 radical (unpaired) electrons. The van der Waals surface area contributed by atoms with Gasteiger partial charge in [0.2, 0.25) is 5.91 Å².